The van der Waals surface area contributed by atoms with Gasteiger partial charge in [-0.3, -0.25) is 4.79 Å². The van der Waals surface area contributed by atoms with E-state index in [2.05, 4.69) is 12.2 Å². The van der Waals surface area contributed by atoms with Gasteiger partial charge >= 0.3 is 5.97 Å². The molecule has 0 heterocycles. The third kappa shape index (κ3) is 14.5. The van der Waals surface area contributed by atoms with Gasteiger partial charge in [0.15, 0.2) is 0 Å². The van der Waals surface area contributed by atoms with E-state index in [1.165, 1.54) is 64.2 Å². The van der Waals surface area contributed by atoms with Crippen molar-refractivity contribution in [3.63, 3.8) is 0 Å². The van der Waals surface area contributed by atoms with E-state index in [0.717, 1.165) is 19.3 Å². The number of rotatable bonds is 17. The molecule has 142 valence electrons. The Hall–Kier alpha value is -1.10. The molecule has 24 heavy (non-hydrogen) atoms. The number of hydrogen-bond acceptors (Lipinski definition) is 3. The van der Waals surface area contributed by atoms with Crippen molar-refractivity contribution >= 4 is 11.9 Å². The van der Waals surface area contributed by atoms with Crippen molar-refractivity contribution in [3.8, 4) is 0 Å². The molecule has 0 fully saturated rings. The summed E-state index contributed by atoms with van der Waals surface area (Å²) in [6.45, 7) is 2.18. The molecule has 0 aliphatic rings. The molecule has 5 nitrogen and oxygen atoms in total. The fraction of sp³-hybridized carbons (Fsp3) is 0.895. The average molecular weight is 343 g/mol. The molecule has 5 heteroatoms. The Balaban J connectivity index is 3.30. The van der Waals surface area contributed by atoms with Crippen LogP contribution < -0.4 is 11.1 Å². The largest absolute Gasteiger partial charge is 0.480 e. The van der Waals surface area contributed by atoms with Crippen molar-refractivity contribution in [2.45, 2.75) is 103 Å². The van der Waals surface area contributed by atoms with Crippen LogP contribution >= 0.6 is 0 Å². The highest BCUT2D eigenvalue weighted by atomic mass is 16.4. The zero-order valence-electron chi connectivity index (χ0n) is 15.5. The van der Waals surface area contributed by atoms with Crippen molar-refractivity contribution in [2.75, 3.05) is 6.54 Å². The molecular weight excluding hydrogens is 304 g/mol. The highest BCUT2D eigenvalue weighted by Gasteiger charge is 2.17. The van der Waals surface area contributed by atoms with Crippen LogP contribution in [0.2, 0.25) is 0 Å². The van der Waals surface area contributed by atoms with Crippen LogP contribution in [0, 0.1) is 0 Å². The normalized spacial score (nSPS) is 12.1. The van der Waals surface area contributed by atoms with E-state index < -0.39 is 12.0 Å². The van der Waals surface area contributed by atoms with E-state index >= 15 is 0 Å². The molecule has 0 aromatic carbocycles. The van der Waals surface area contributed by atoms with Gasteiger partial charge in [-0.2, -0.15) is 0 Å². The van der Waals surface area contributed by atoms with E-state index in [9.17, 15) is 9.59 Å². The second-order valence-corrected chi connectivity index (χ2v) is 6.69. The number of nitrogens with one attached hydrogen (secondary N) is 1. The van der Waals surface area contributed by atoms with E-state index in [0.29, 0.717) is 6.42 Å². The Kier molecular flexibility index (Phi) is 16.0. The molecule has 1 unspecified atom stereocenters. The maximum Gasteiger partial charge on any atom is 0.327 e. The van der Waals surface area contributed by atoms with Gasteiger partial charge in [0, 0.05) is 13.0 Å². The number of amides is 1. The third-order valence-corrected chi connectivity index (χ3v) is 4.38. The molecule has 0 rings (SSSR count). The summed E-state index contributed by atoms with van der Waals surface area (Å²) in [7, 11) is 0. The molecule has 0 radical (unpaired) electrons. The van der Waals surface area contributed by atoms with Crippen molar-refractivity contribution in [3.05, 3.63) is 0 Å². The minimum absolute atomic E-state index is 0.0698. The molecule has 0 spiro atoms. The Morgan fingerprint density at radius 2 is 1.25 bits per heavy atom. The molecule has 0 aliphatic heterocycles. The van der Waals surface area contributed by atoms with Gasteiger partial charge in [-0.15, -0.1) is 0 Å². The number of carboxylic acids is 1. The summed E-state index contributed by atoms with van der Waals surface area (Å²) in [5.41, 5.74) is 5.30. The zero-order valence-corrected chi connectivity index (χ0v) is 15.5. The van der Waals surface area contributed by atoms with E-state index in [1.54, 1.807) is 0 Å². The monoisotopic (exact) mass is 342 g/mol. The number of unbranched alkanes of at least 4 members (excludes halogenated alkanes) is 12. The first kappa shape index (κ1) is 22.9. The molecule has 0 saturated carbocycles. The van der Waals surface area contributed by atoms with Gasteiger partial charge in [0.25, 0.3) is 0 Å². The molecule has 0 bridgehead atoms. The van der Waals surface area contributed by atoms with Gasteiger partial charge in [0.1, 0.15) is 6.04 Å². The van der Waals surface area contributed by atoms with Crippen LogP contribution in [0.25, 0.3) is 0 Å². The minimum atomic E-state index is -1.07. The summed E-state index contributed by atoms with van der Waals surface area (Å²) in [6.07, 6.45) is 16.8. The van der Waals surface area contributed by atoms with Crippen LogP contribution in [-0.2, 0) is 9.59 Å². The van der Waals surface area contributed by atoms with Crippen molar-refractivity contribution < 1.29 is 14.7 Å². The number of aliphatic carboxylic acids is 1. The van der Waals surface area contributed by atoms with Crippen molar-refractivity contribution in [1.29, 1.82) is 0 Å². The van der Waals surface area contributed by atoms with Gasteiger partial charge < -0.3 is 16.2 Å². The first-order valence-electron chi connectivity index (χ1n) is 9.84. The van der Waals surface area contributed by atoms with Crippen LogP contribution in [0.1, 0.15) is 96.8 Å². The molecule has 0 aliphatic carbocycles. The molecular formula is C19H38N2O3. The average Bonchev–Trinajstić information content (AvgIpc) is 2.56. The summed E-state index contributed by atoms with van der Waals surface area (Å²) < 4.78 is 0. The topological polar surface area (TPSA) is 92.4 Å². The highest BCUT2D eigenvalue weighted by Crippen LogP contribution is 2.12. The summed E-state index contributed by atoms with van der Waals surface area (Å²) in [5.74, 6) is -1.29. The summed E-state index contributed by atoms with van der Waals surface area (Å²) in [6, 6.07) is -0.959. The predicted molar refractivity (Wildman–Crippen MR) is 98.9 cm³/mol. The number of hydrogen-bond donors (Lipinski definition) is 3. The SMILES string of the molecule is CCCCCCCCCCCCCCCC(=O)NC(CN)C(=O)O. The number of carbonyl (C=O) groups excluding carboxylic acids is 1. The zero-order chi connectivity index (χ0) is 18.0. The van der Waals surface area contributed by atoms with E-state index in [-0.39, 0.29) is 12.5 Å². The molecule has 1 amide bonds. The molecule has 0 aromatic heterocycles. The fourth-order valence-corrected chi connectivity index (χ4v) is 2.79. The number of nitrogens with two attached hydrogens (primary N) is 1. The van der Waals surface area contributed by atoms with Crippen LogP contribution in [0.3, 0.4) is 0 Å². The smallest absolute Gasteiger partial charge is 0.327 e. The maximum absolute atomic E-state index is 11.6. The van der Waals surface area contributed by atoms with E-state index in [4.69, 9.17) is 10.8 Å². The lowest BCUT2D eigenvalue weighted by atomic mass is 10.0. The number of carboxylic acid groups (broad SMARTS) is 1. The lowest BCUT2D eigenvalue weighted by Gasteiger charge is -2.11. The summed E-state index contributed by atoms with van der Waals surface area (Å²) >= 11 is 0. The van der Waals surface area contributed by atoms with Gasteiger partial charge in [0.2, 0.25) is 5.91 Å². The van der Waals surface area contributed by atoms with Crippen molar-refractivity contribution in [2.24, 2.45) is 5.73 Å². The highest BCUT2D eigenvalue weighted by molar-refractivity contribution is 5.83. The van der Waals surface area contributed by atoms with Crippen LogP contribution in [0.15, 0.2) is 0 Å². The first-order valence-corrected chi connectivity index (χ1v) is 9.84. The third-order valence-electron chi connectivity index (χ3n) is 4.38. The van der Waals surface area contributed by atoms with Crippen LogP contribution in [-0.4, -0.2) is 29.6 Å². The summed E-state index contributed by atoms with van der Waals surface area (Å²) in [5, 5.41) is 11.3. The molecule has 4 N–H and O–H groups in total. The van der Waals surface area contributed by atoms with E-state index in [1.807, 2.05) is 0 Å². The summed E-state index contributed by atoms with van der Waals surface area (Å²) in [4.78, 5) is 22.3. The Bertz CT molecular complexity index is 322. The quantitative estimate of drug-likeness (QED) is 0.348. The second-order valence-electron chi connectivity index (χ2n) is 6.69. The minimum Gasteiger partial charge on any atom is -0.480 e. The molecule has 0 saturated heterocycles. The Labute approximate surface area is 147 Å². The van der Waals surface area contributed by atoms with Gasteiger partial charge in [-0.1, -0.05) is 84.0 Å². The molecule has 1 atom stereocenters. The number of carbonyl (C=O) groups is 2. The predicted octanol–water partition coefficient (Wildman–Crippen LogP) is 4.00. The Morgan fingerprint density at radius 1 is 0.833 bits per heavy atom. The van der Waals surface area contributed by atoms with Gasteiger partial charge in [-0.05, 0) is 6.42 Å². The van der Waals surface area contributed by atoms with Crippen molar-refractivity contribution in [1.82, 2.24) is 5.32 Å². The maximum atomic E-state index is 11.6. The van der Waals surface area contributed by atoms with Crippen LogP contribution in [0.4, 0.5) is 0 Å². The standard InChI is InChI=1S/C19H38N2O3/c1-2-3-4-5-6-7-8-9-10-11-12-13-14-15-18(22)21-17(16-20)19(23)24/h17H,2-16,20H2,1H3,(H,21,22)(H,23,24). The van der Waals surface area contributed by atoms with Gasteiger partial charge in [0.05, 0.1) is 0 Å². The Morgan fingerprint density at radius 3 is 1.62 bits per heavy atom. The van der Waals surface area contributed by atoms with Gasteiger partial charge in [-0.25, -0.2) is 4.79 Å². The first-order chi connectivity index (χ1) is 11.6. The second kappa shape index (κ2) is 16.7. The lowest BCUT2D eigenvalue weighted by Crippen LogP contribution is -2.45. The molecule has 0 aromatic rings. The fourth-order valence-electron chi connectivity index (χ4n) is 2.79. The lowest BCUT2D eigenvalue weighted by molar-refractivity contribution is -0.141. The van der Waals surface area contributed by atoms with Crippen LogP contribution in [0.5, 0.6) is 0 Å².